The van der Waals surface area contributed by atoms with Gasteiger partial charge in [0.25, 0.3) is 0 Å². The van der Waals surface area contributed by atoms with Gasteiger partial charge in [-0.3, -0.25) is 14.5 Å². The largest absolute Gasteiger partial charge is 0.496 e. The number of nitrogens with one attached hydrogen (secondary N) is 2. The van der Waals surface area contributed by atoms with E-state index in [0.717, 1.165) is 11.1 Å². The number of methoxy groups -OCH3 is 4. The van der Waals surface area contributed by atoms with E-state index in [1.807, 2.05) is 60.7 Å². The van der Waals surface area contributed by atoms with E-state index >= 15 is 0 Å². The molecule has 0 fully saturated rings. The molecule has 0 aliphatic heterocycles. The highest BCUT2D eigenvalue weighted by atomic mass is 32.1. The summed E-state index contributed by atoms with van der Waals surface area (Å²) in [4.78, 5) is 75.6. The molecule has 0 aliphatic carbocycles. The lowest BCUT2D eigenvalue weighted by atomic mass is 10.0. The zero-order chi connectivity index (χ0) is 51.2. The minimum absolute atomic E-state index is 0. The molecule has 2 heterocycles. The van der Waals surface area contributed by atoms with Crippen molar-refractivity contribution in [2.45, 2.75) is 78.4 Å². The van der Waals surface area contributed by atoms with E-state index in [1.54, 1.807) is 84.1 Å². The topological polar surface area (TPSA) is 210 Å². The molecule has 0 bridgehead atoms. The van der Waals surface area contributed by atoms with E-state index in [9.17, 15) is 28.8 Å². The van der Waals surface area contributed by atoms with Gasteiger partial charge in [-0.2, -0.15) is 13.5 Å². The van der Waals surface area contributed by atoms with Crippen molar-refractivity contribution in [3.8, 4) is 11.5 Å². The molecule has 71 heavy (non-hydrogen) atoms. The molecule has 0 saturated heterocycles. The molecule has 6 aromatic rings. The molecule has 1 atom stereocenters. The Bertz CT molecular complexity index is 2840. The van der Waals surface area contributed by atoms with Crippen LogP contribution in [0.1, 0.15) is 63.8 Å². The van der Waals surface area contributed by atoms with Gasteiger partial charge in [-0.25, -0.2) is 28.8 Å². The van der Waals surface area contributed by atoms with Gasteiger partial charge < -0.3 is 43.2 Å². The van der Waals surface area contributed by atoms with Gasteiger partial charge in [-0.1, -0.05) is 72.8 Å². The molecule has 0 saturated carbocycles. The van der Waals surface area contributed by atoms with Crippen molar-refractivity contribution in [2.24, 2.45) is 0 Å². The van der Waals surface area contributed by atoms with Gasteiger partial charge >= 0.3 is 36.3 Å². The second-order valence-corrected chi connectivity index (χ2v) is 17.4. The first-order valence-electron chi connectivity index (χ1n) is 21.9. The zero-order valence-corrected chi connectivity index (χ0v) is 42.3. The van der Waals surface area contributed by atoms with Crippen molar-refractivity contribution < 1.29 is 66.7 Å². The fourth-order valence-corrected chi connectivity index (χ4v) is 6.89. The van der Waals surface area contributed by atoms with Gasteiger partial charge in [-0.05, 0) is 88.6 Å². The number of rotatable bonds is 13. The summed E-state index contributed by atoms with van der Waals surface area (Å²) in [6.07, 6.45) is 1.70. The number of carbonyl (C=O) groups excluding carboxylic acids is 6. The van der Waals surface area contributed by atoms with Crippen LogP contribution < -0.4 is 20.1 Å². The number of fused-ring (bicyclic) bond motifs is 2. The van der Waals surface area contributed by atoms with Gasteiger partial charge in [0.15, 0.2) is 0 Å². The average Bonchev–Trinajstić information content (AvgIpc) is 3.90. The first-order chi connectivity index (χ1) is 33.2. The first-order valence-corrected chi connectivity index (χ1v) is 21.9. The number of nitrogens with zero attached hydrogens (tertiary/aromatic N) is 2. The van der Waals surface area contributed by atoms with Crippen molar-refractivity contribution in [2.75, 3.05) is 28.4 Å². The zero-order valence-electron chi connectivity index (χ0n) is 41.3. The fraction of sp³-hybridized carbons (Fsp3) is 0.308. The molecule has 0 spiro atoms. The van der Waals surface area contributed by atoms with Crippen LogP contribution in [0.2, 0.25) is 0 Å². The lowest BCUT2D eigenvalue weighted by Gasteiger charge is -2.19. The number of alkyl carbamates (subject to hydrolysis) is 2. The highest BCUT2D eigenvalue weighted by molar-refractivity contribution is 7.59. The number of benzene rings is 4. The number of hydrogen-bond acceptors (Lipinski definition) is 14. The maximum atomic E-state index is 12.9. The number of aromatic nitrogens is 2. The molecule has 378 valence electrons. The van der Waals surface area contributed by atoms with Crippen molar-refractivity contribution in [1.82, 2.24) is 19.8 Å². The van der Waals surface area contributed by atoms with Gasteiger partial charge in [-0.15, -0.1) is 0 Å². The molecule has 18 nitrogen and oxygen atoms in total. The molecule has 0 aliphatic rings. The second kappa shape index (κ2) is 25.1. The Morgan fingerprint density at radius 1 is 0.592 bits per heavy atom. The summed E-state index contributed by atoms with van der Waals surface area (Å²) in [5.74, 6) is -0.480. The molecule has 0 unspecified atom stereocenters. The molecule has 2 N–H and O–H groups in total. The minimum Gasteiger partial charge on any atom is -0.496 e. The molecule has 0 radical (unpaired) electrons. The summed E-state index contributed by atoms with van der Waals surface area (Å²) in [5.41, 5.74) is 2.05. The lowest BCUT2D eigenvalue weighted by Crippen LogP contribution is -2.43. The van der Waals surface area contributed by atoms with Crippen molar-refractivity contribution in [1.29, 1.82) is 0 Å². The summed E-state index contributed by atoms with van der Waals surface area (Å²) in [7, 11) is 5.43. The van der Waals surface area contributed by atoms with Crippen molar-refractivity contribution in [3.05, 3.63) is 137 Å². The van der Waals surface area contributed by atoms with Crippen molar-refractivity contribution in [3.63, 3.8) is 0 Å². The highest BCUT2D eigenvalue weighted by Crippen LogP contribution is 2.34. The van der Waals surface area contributed by atoms with E-state index in [4.69, 9.17) is 37.9 Å². The van der Waals surface area contributed by atoms with Crippen LogP contribution in [0.4, 0.5) is 19.2 Å². The van der Waals surface area contributed by atoms with Crippen LogP contribution in [0.25, 0.3) is 27.9 Å². The Labute approximate surface area is 418 Å². The molecule has 6 rings (SSSR count). The standard InChI is InChI=1S/C26H30N2O7.C26H28N2O7.H2S/c2*1-26(2,3)35-25(31)28-15-18(22-20(28)12-9-13-21(22)32-4)14-19(23(29)33-5)27-24(30)34-16-17-10-7-6-8-11-17;/h6-13,15,19H,14,16H2,1-5H3,(H,27,30);6-15H,16H2,1-5H3,(H,27,30);1H2/b;19-14-;/t19-;;/m0../s1. The van der Waals surface area contributed by atoms with Crippen molar-refractivity contribution >= 4 is 77.7 Å². The Hall–Kier alpha value is -7.93. The van der Waals surface area contributed by atoms with Gasteiger partial charge in [0.2, 0.25) is 0 Å². The molecule has 2 amide bonds. The van der Waals surface area contributed by atoms with Crippen LogP contribution in [0.5, 0.6) is 11.5 Å². The third kappa shape index (κ3) is 15.5. The molecule has 2 aromatic heterocycles. The Balaban J connectivity index is 0.000000304. The van der Waals surface area contributed by atoms with E-state index in [-0.39, 0.29) is 38.8 Å². The Morgan fingerprint density at radius 2 is 1.07 bits per heavy atom. The molecular formula is C52H60N4O14S. The summed E-state index contributed by atoms with van der Waals surface area (Å²) >= 11 is 0. The number of ether oxygens (including phenoxy) is 8. The maximum Gasteiger partial charge on any atom is 0.419 e. The highest BCUT2D eigenvalue weighted by Gasteiger charge is 2.29. The number of carbonyl (C=O) groups is 6. The quantitative estimate of drug-likeness (QED) is 0.0627. The summed E-state index contributed by atoms with van der Waals surface area (Å²) in [6.45, 7) is 10.7. The van der Waals surface area contributed by atoms with Crippen LogP contribution in [0.15, 0.2) is 115 Å². The second-order valence-electron chi connectivity index (χ2n) is 17.4. The third-order valence-corrected chi connectivity index (χ3v) is 9.88. The predicted molar refractivity (Wildman–Crippen MR) is 270 cm³/mol. The van der Waals surface area contributed by atoms with Crippen LogP contribution in [0.3, 0.4) is 0 Å². The van der Waals surface area contributed by atoms with E-state index in [0.29, 0.717) is 44.4 Å². The summed E-state index contributed by atoms with van der Waals surface area (Å²) in [6, 6.07) is 27.7. The average molecular weight is 997 g/mol. The minimum atomic E-state index is -1.06. The smallest absolute Gasteiger partial charge is 0.419 e. The van der Waals surface area contributed by atoms with Gasteiger partial charge in [0.05, 0.1) is 39.5 Å². The monoisotopic (exact) mass is 996 g/mol. The number of amides is 2. The van der Waals surface area contributed by atoms with E-state index in [1.165, 1.54) is 49.8 Å². The predicted octanol–water partition coefficient (Wildman–Crippen LogP) is 9.43. The number of esters is 2. The van der Waals surface area contributed by atoms with E-state index in [2.05, 4.69) is 10.6 Å². The Morgan fingerprint density at radius 3 is 1.55 bits per heavy atom. The summed E-state index contributed by atoms with van der Waals surface area (Å²) in [5, 5.41) is 6.15. The van der Waals surface area contributed by atoms with Gasteiger partial charge in [0.1, 0.15) is 47.7 Å². The van der Waals surface area contributed by atoms with Crippen LogP contribution >= 0.6 is 13.5 Å². The fourth-order valence-electron chi connectivity index (χ4n) is 6.89. The summed E-state index contributed by atoms with van der Waals surface area (Å²) < 4.78 is 44.9. The molecule has 19 heteroatoms. The maximum absolute atomic E-state index is 12.9. The Kier molecular flexibility index (Phi) is 19.7. The van der Waals surface area contributed by atoms with Gasteiger partial charge in [0, 0.05) is 35.2 Å². The van der Waals surface area contributed by atoms with E-state index < -0.39 is 53.6 Å². The van der Waals surface area contributed by atoms with Crippen LogP contribution in [-0.2, 0) is 57.6 Å². The number of hydrogen-bond donors (Lipinski definition) is 2. The lowest BCUT2D eigenvalue weighted by molar-refractivity contribution is -0.143. The third-order valence-electron chi connectivity index (χ3n) is 9.88. The molecule has 4 aromatic carbocycles. The normalized spacial score (nSPS) is 11.7. The SMILES string of the molecule is COC(=O)/C(=C/c1cn(C(=O)OC(C)(C)C)c2cccc(OC)c12)NC(=O)OCc1ccccc1.COC(=O)[C@H](Cc1cn(C(=O)OC(C)(C)C)c2cccc(OC)c12)NC(=O)OCc1ccccc1.S. The first kappa shape index (κ1) is 55.7. The van der Waals surface area contributed by atoms with Crippen LogP contribution in [-0.4, -0.2) is 91.1 Å². The molecular weight excluding hydrogens is 937 g/mol. The van der Waals surface area contributed by atoms with Crippen LogP contribution in [0, 0.1) is 0 Å².